The number of halogens is 1. The highest BCUT2D eigenvalue weighted by molar-refractivity contribution is 9.10. The number of furan rings is 1. The summed E-state index contributed by atoms with van der Waals surface area (Å²) in [4.78, 5) is 29.0. The van der Waals surface area contributed by atoms with Crippen molar-refractivity contribution in [3.63, 3.8) is 0 Å². The number of fused-ring (bicyclic) bond motifs is 1. The SMILES string of the molecule is CC[C@H](C)c1nc2ccc(Br)cc2c(=O)n1N=Cc1ccc(-c2ccc(S(=O)(=O)NC(C)=O)cc2)o1. The van der Waals surface area contributed by atoms with Crippen LogP contribution in [0.15, 0.2) is 78.3 Å². The summed E-state index contributed by atoms with van der Waals surface area (Å²) >= 11 is 3.40. The smallest absolute Gasteiger partial charge is 0.282 e. The summed E-state index contributed by atoms with van der Waals surface area (Å²) in [6.07, 6.45) is 2.22. The van der Waals surface area contributed by atoms with Crippen LogP contribution >= 0.6 is 15.9 Å². The third kappa shape index (κ3) is 5.31. The molecular weight excluding hydrogens is 548 g/mol. The van der Waals surface area contributed by atoms with Crippen molar-refractivity contribution in [3.8, 4) is 11.3 Å². The topological polar surface area (TPSA) is 124 Å². The molecule has 0 aliphatic rings. The summed E-state index contributed by atoms with van der Waals surface area (Å²) < 4.78 is 34.1. The molecule has 0 fully saturated rings. The maximum absolute atomic E-state index is 13.2. The standard InChI is InChI=1S/C25H23BrN4O5S/c1-4-15(2)24-28-22-11-7-18(26)13-21(22)25(32)30(24)27-14-19-8-12-23(35-19)17-5-9-20(10-6-17)36(33,34)29-16(3)31/h5-15H,4H2,1-3H3,(H,29,31)/t15-/m0/s1. The molecule has 11 heteroatoms. The molecule has 1 amide bonds. The van der Waals surface area contributed by atoms with Gasteiger partial charge in [0.05, 0.1) is 22.0 Å². The van der Waals surface area contributed by atoms with Gasteiger partial charge in [-0.1, -0.05) is 29.8 Å². The minimum Gasteiger partial charge on any atom is -0.455 e. The Hall–Kier alpha value is -3.57. The molecule has 36 heavy (non-hydrogen) atoms. The van der Waals surface area contributed by atoms with Crippen LogP contribution < -0.4 is 10.3 Å². The number of amides is 1. The van der Waals surface area contributed by atoms with Crippen LogP contribution in [0.3, 0.4) is 0 Å². The van der Waals surface area contributed by atoms with Crippen molar-refractivity contribution in [2.75, 3.05) is 0 Å². The zero-order chi connectivity index (χ0) is 26.0. The molecule has 0 aliphatic carbocycles. The van der Waals surface area contributed by atoms with Crippen molar-refractivity contribution in [2.45, 2.75) is 38.0 Å². The molecule has 0 aliphatic heterocycles. The van der Waals surface area contributed by atoms with E-state index in [1.54, 1.807) is 36.4 Å². The second-order valence-electron chi connectivity index (χ2n) is 8.19. The number of benzene rings is 2. The van der Waals surface area contributed by atoms with E-state index in [0.29, 0.717) is 33.8 Å². The monoisotopic (exact) mass is 570 g/mol. The average Bonchev–Trinajstić information content (AvgIpc) is 3.31. The van der Waals surface area contributed by atoms with Gasteiger partial charge >= 0.3 is 0 Å². The first kappa shape index (κ1) is 25.5. The molecule has 0 unspecified atom stereocenters. The zero-order valence-electron chi connectivity index (χ0n) is 19.7. The first-order valence-electron chi connectivity index (χ1n) is 11.1. The zero-order valence-corrected chi connectivity index (χ0v) is 22.1. The van der Waals surface area contributed by atoms with Gasteiger partial charge in [-0.25, -0.2) is 18.1 Å². The molecule has 9 nitrogen and oxygen atoms in total. The lowest BCUT2D eigenvalue weighted by Crippen LogP contribution is -2.28. The number of hydrogen-bond donors (Lipinski definition) is 1. The van der Waals surface area contributed by atoms with Crippen LogP contribution in [0.25, 0.3) is 22.2 Å². The van der Waals surface area contributed by atoms with E-state index in [2.05, 4.69) is 26.0 Å². The summed E-state index contributed by atoms with van der Waals surface area (Å²) in [6, 6.07) is 14.7. The lowest BCUT2D eigenvalue weighted by atomic mass is 10.1. The predicted octanol–water partition coefficient (Wildman–Crippen LogP) is 4.64. The number of carbonyl (C=O) groups is 1. The van der Waals surface area contributed by atoms with Crippen molar-refractivity contribution in [3.05, 3.63) is 81.0 Å². The number of aromatic nitrogens is 2. The molecular formula is C25H23BrN4O5S. The normalized spacial score (nSPS) is 12.8. The van der Waals surface area contributed by atoms with Crippen molar-refractivity contribution < 1.29 is 17.6 Å². The number of sulfonamides is 1. The van der Waals surface area contributed by atoms with Gasteiger partial charge in [0.25, 0.3) is 15.6 Å². The first-order valence-corrected chi connectivity index (χ1v) is 13.4. The highest BCUT2D eigenvalue weighted by Crippen LogP contribution is 2.24. The van der Waals surface area contributed by atoms with Gasteiger partial charge in [-0.15, -0.1) is 0 Å². The van der Waals surface area contributed by atoms with Crippen molar-refractivity contribution >= 4 is 49.0 Å². The van der Waals surface area contributed by atoms with Crippen LogP contribution in [-0.2, 0) is 14.8 Å². The van der Waals surface area contributed by atoms with E-state index in [4.69, 9.17) is 4.42 Å². The number of rotatable bonds is 7. The van der Waals surface area contributed by atoms with E-state index >= 15 is 0 Å². The van der Waals surface area contributed by atoms with Gasteiger partial charge in [-0.2, -0.15) is 9.78 Å². The van der Waals surface area contributed by atoms with E-state index in [0.717, 1.165) is 17.8 Å². The summed E-state index contributed by atoms with van der Waals surface area (Å²) in [6.45, 7) is 5.13. The summed E-state index contributed by atoms with van der Waals surface area (Å²) in [5.41, 5.74) is 0.955. The molecule has 1 N–H and O–H groups in total. The van der Waals surface area contributed by atoms with E-state index in [1.165, 1.54) is 23.0 Å². The Morgan fingerprint density at radius 2 is 1.92 bits per heavy atom. The average molecular weight is 571 g/mol. The number of nitrogens with zero attached hydrogens (tertiary/aromatic N) is 3. The van der Waals surface area contributed by atoms with E-state index in [1.807, 2.05) is 24.6 Å². The van der Waals surface area contributed by atoms with Gasteiger partial charge in [-0.3, -0.25) is 9.59 Å². The quantitative estimate of drug-likeness (QED) is 0.323. The minimum atomic E-state index is -3.92. The first-order chi connectivity index (χ1) is 17.1. The van der Waals surface area contributed by atoms with Crippen molar-refractivity contribution in [2.24, 2.45) is 5.10 Å². The van der Waals surface area contributed by atoms with Gasteiger partial charge in [-0.05, 0) is 61.0 Å². The van der Waals surface area contributed by atoms with Crippen molar-refractivity contribution in [1.29, 1.82) is 0 Å². The molecule has 0 saturated heterocycles. The Morgan fingerprint density at radius 1 is 1.19 bits per heavy atom. The molecule has 4 rings (SSSR count). The third-order valence-corrected chi connectivity index (χ3v) is 7.48. The summed E-state index contributed by atoms with van der Waals surface area (Å²) in [5, 5.41) is 4.84. The summed E-state index contributed by atoms with van der Waals surface area (Å²) in [5.74, 6) is 0.767. The Kier molecular flexibility index (Phi) is 7.23. The van der Waals surface area contributed by atoms with Crippen LogP contribution in [0.4, 0.5) is 0 Å². The van der Waals surface area contributed by atoms with Crippen LogP contribution in [0.2, 0.25) is 0 Å². The predicted molar refractivity (Wildman–Crippen MR) is 141 cm³/mol. The highest BCUT2D eigenvalue weighted by atomic mass is 79.9. The van der Waals surface area contributed by atoms with E-state index in [-0.39, 0.29) is 16.4 Å². The molecule has 2 aromatic carbocycles. The number of nitrogens with one attached hydrogen (secondary N) is 1. The third-order valence-electron chi connectivity index (χ3n) is 5.54. The van der Waals surface area contributed by atoms with Crippen LogP contribution in [0, 0.1) is 0 Å². The van der Waals surface area contributed by atoms with Gasteiger partial charge in [0.15, 0.2) is 0 Å². The second-order valence-corrected chi connectivity index (χ2v) is 10.8. The molecule has 0 radical (unpaired) electrons. The highest BCUT2D eigenvalue weighted by Gasteiger charge is 2.17. The lowest BCUT2D eigenvalue weighted by Gasteiger charge is -2.13. The van der Waals surface area contributed by atoms with Crippen molar-refractivity contribution in [1.82, 2.24) is 14.4 Å². The molecule has 0 bridgehead atoms. The Balaban J connectivity index is 1.66. The van der Waals surface area contributed by atoms with Crippen LogP contribution in [0.1, 0.15) is 44.7 Å². The summed E-state index contributed by atoms with van der Waals surface area (Å²) in [7, 11) is -3.92. The Labute approximate surface area is 216 Å². The minimum absolute atomic E-state index is 0.00217. The van der Waals surface area contributed by atoms with Crippen LogP contribution in [-0.4, -0.2) is 30.2 Å². The molecule has 186 valence electrons. The fourth-order valence-corrected chi connectivity index (χ4v) is 4.87. The molecule has 1 atom stereocenters. The number of hydrogen-bond acceptors (Lipinski definition) is 7. The van der Waals surface area contributed by atoms with Gasteiger partial charge in [0.2, 0.25) is 5.91 Å². The second kappa shape index (κ2) is 10.2. The van der Waals surface area contributed by atoms with Gasteiger partial charge in [0, 0.05) is 22.9 Å². The maximum Gasteiger partial charge on any atom is 0.282 e. The fraction of sp³-hybridized carbons (Fsp3) is 0.200. The van der Waals surface area contributed by atoms with Crippen LogP contribution in [0.5, 0.6) is 0 Å². The molecule has 0 spiro atoms. The largest absolute Gasteiger partial charge is 0.455 e. The fourth-order valence-electron chi connectivity index (χ4n) is 3.52. The lowest BCUT2D eigenvalue weighted by molar-refractivity contribution is -0.117. The molecule has 0 saturated carbocycles. The van der Waals surface area contributed by atoms with Gasteiger partial charge < -0.3 is 4.42 Å². The molecule has 4 aromatic rings. The van der Waals surface area contributed by atoms with E-state index < -0.39 is 15.9 Å². The number of carbonyl (C=O) groups excluding carboxylic acids is 1. The maximum atomic E-state index is 13.2. The Bertz CT molecular complexity index is 1640. The van der Waals surface area contributed by atoms with Gasteiger partial charge in [0.1, 0.15) is 17.3 Å². The molecule has 2 heterocycles. The van der Waals surface area contributed by atoms with E-state index in [9.17, 15) is 18.0 Å². The molecule has 2 aromatic heterocycles. The Morgan fingerprint density at radius 3 is 2.58 bits per heavy atom.